The Balaban J connectivity index is 1.50. The third kappa shape index (κ3) is 4.74. The Kier molecular flexibility index (Phi) is 6.74. The van der Waals surface area contributed by atoms with Gasteiger partial charge in [-0.25, -0.2) is 24.3 Å². The van der Waals surface area contributed by atoms with Crippen molar-refractivity contribution in [2.24, 2.45) is 0 Å². The molecule has 1 atom stereocenters. The van der Waals surface area contributed by atoms with Crippen molar-refractivity contribution < 1.29 is 54.5 Å². The van der Waals surface area contributed by atoms with Crippen molar-refractivity contribution in [1.82, 2.24) is 24.3 Å². The molecule has 1 unspecified atom stereocenters. The molecule has 2 aliphatic heterocycles. The molecular weight excluding hydrogens is 641 g/mol. The van der Waals surface area contributed by atoms with Gasteiger partial charge in [-0.15, -0.1) is 0 Å². The molecule has 2 aliphatic rings. The number of benzene rings is 1. The van der Waals surface area contributed by atoms with Crippen LogP contribution in [0.1, 0.15) is 30.2 Å². The van der Waals surface area contributed by atoms with Crippen LogP contribution in [0.3, 0.4) is 0 Å². The third-order valence-corrected chi connectivity index (χ3v) is 8.10. The highest BCUT2D eigenvalue weighted by molar-refractivity contribution is 6.09. The summed E-state index contributed by atoms with van der Waals surface area (Å²) in [5.74, 6) is -8.63. The molecule has 46 heavy (non-hydrogen) atoms. The molecular formula is C27H20F9N7O3. The summed E-state index contributed by atoms with van der Waals surface area (Å²) in [6, 6.07) is 3.03. The quantitative estimate of drug-likeness (QED) is 0.257. The number of fused-ring (bicyclic) bond motifs is 2. The Morgan fingerprint density at radius 1 is 1.04 bits per heavy atom. The average Bonchev–Trinajstić information content (AvgIpc) is 3.52. The van der Waals surface area contributed by atoms with Crippen LogP contribution in [-0.4, -0.2) is 77.4 Å². The number of aliphatic hydroxyl groups is 1. The van der Waals surface area contributed by atoms with E-state index in [0.29, 0.717) is 0 Å². The Labute approximate surface area is 251 Å². The fourth-order valence-corrected chi connectivity index (χ4v) is 5.39. The minimum Gasteiger partial charge on any atom is -0.505 e. The summed E-state index contributed by atoms with van der Waals surface area (Å²) >= 11 is 0. The predicted molar refractivity (Wildman–Crippen MR) is 140 cm³/mol. The first-order valence-corrected chi connectivity index (χ1v) is 13.3. The Morgan fingerprint density at radius 2 is 1.74 bits per heavy atom. The minimum absolute atomic E-state index is 0.0332. The van der Waals surface area contributed by atoms with Gasteiger partial charge in [-0.3, -0.25) is 4.79 Å². The highest BCUT2D eigenvalue weighted by Gasteiger charge is 2.62. The van der Waals surface area contributed by atoms with E-state index in [2.05, 4.69) is 25.3 Å². The van der Waals surface area contributed by atoms with E-state index in [9.17, 15) is 54.5 Å². The second-order valence-electron chi connectivity index (χ2n) is 11.2. The maximum Gasteiger partial charge on any atom is 0.453 e. The zero-order valence-electron chi connectivity index (χ0n) is 23.2. The van der Waals surface area contributed by atoms with Crippen molar-refractivity contribution in [3.05, 3.63) is 59.4 Å². The molecule has 244 valence electrons. The van der Waals surface area contributed by atoms with Crippen molar-refractivity contribution >= 4 is 23.2 Å². The van der Waals surface area contributed by atoms with E-state index in [4.69, 9.17) is 0 Å². The van der Waals surface area contributed by atoms with Crippen LogP contribution in [0.4, 0.5) is 51.1 Å². The molecule has 4 aromatic rings. The number of hydrogen-bond acceptors (Lipinski definition) is 8. The fraction of sp³-hybridized carbons (Fsp3) is 0.370. The van der Waals surface area contributed by atoms with E-state index in [1.807, 2.05) is 0 Å². The number of aromatic hydroxyl groups is 1. The highest BCUT2D eigenvalue weighted by Crippen LogP contribution is 2.50. The predicted octanol–water partition coefficient (Wildman–Crippen LogP) is 4.53. The zero-order chi connectivity index (χ0) is 33.6. The van der Waals surface area contributed by atoms with Gasteiger partial charge in [0.2, 0.25) is 5.91 Å². The number of phenolic OH excluding ortho intramolecular Hbond substituents is 1. The van der Waals surface area contributed by atoms with E-state index < -0.39 is 72.7 Å². The van der Waals surface area contributed by atoms with Crippen LogP contribution in [0, 0.1) is 5.82 Å². The maximum atomic E-state index is 14.4. The number of aryl methyl sites for hydroxylation is 1. The fourth-order valence-electron chi connectivity index (χ4n) is 5.39. The van der Waals surface area contributed by atoms with E-state index in [0.717, 1.165) is 17.0 Å². The maximum absolute atomic E-state index is 14.4. The standard InChI is InChI=1S/C27H20F9N7O3/c1-23(12-2-3-16(44)13(28)8-12)17-19(41-22(23)45)39-18(40-21(17)43-10-24(46,11-43)26(31,32)33)15-9-42-7-6-37-20(42)14(38-15)4-5-25(29,30)27(34,35)36/h2-3,6-9,44,46H,4-5,10-11H2,1H3,(H,39,40,41,45). The van der Waals surface area contributed by atoms with E-state index in [1.54, 1.807) is 0 Å². The van der Waals surface area contributed by atoms with E-state index in [1.165, 1.54) is 36.0 Å². The van der Waals surface area contributed by atoms with Crippen molar-refractivity contribution in [2.45, 2.75) is 49.1 Å². The number of phenols is 1. The molecule has 3 N–H and O–H groups in total. The Hall–Kier alpha value is -4.68. The normalized spacial score (nSPS) is 19.7. The summed E-state index contributed by atoms with van der Waals surface area (Å²) in [5.41, 5.74) is -5.71. The Bertz CT molecular complexity index is 1890. The van der Waals surface area contributed by atoms with Gasteiger partial charge in [0.1, 0.15) is 22.7 Å². The number of nitrogens with zero attached hydrogens (tertiary/aromatic N) is 6. The van der Waals surface area contributed by atoms with Gasteiger partial charge < -0.3 is 24.8 Å². The van der Waals surface area contributed by atoms with Gasteiger partial charge in [0.25, 0.3) is 0 Å². The third-order valence-electron chi connectivity index (χ3n) is 8.10. The summed E-state index contributed by atoms with van der Waals surface area (Å²) in [4.78, 5) is 31.1. The molecule has 1 amide bonds. The molecule has 0 spiro atoms. The molecule has 0 radical (unpaired) electrons. The second-order valence-corrected chi connectivity index (χ2v) is 11.2. The summed E-state index contributed by atoms with van der Waals surface area (Å²) in [6.45, 7) is -0.740. The summed E-state index contributed by atoms with van der Waals surface area (Å²) in [6.07, 6.45) is -9.64. The molecule has 1 fully saturated rings. The molecule has 3 aromatic heterocycles. The first-order chi connectivity index (χ1) is 21.2. The van der Waals surface area contributed by atoms with Gasteiger partial charge in [-0.2, -0.15) is 35.1 Å². The number of imidazole rings is 1. The van der Waals surface area contributed by atoms with Crippen LogP contribution in [0.15, 0.2) is 36.8 Å². The lowest BCUT2D eigenvalue weighted by Crippen LogP contribution is -2.69. The van der Waals surface area contributed by atoms with Crippen LogP contribution in [0.2, 0.25) is 0 Å². The smallest absolute Gasteiger partial charge is 0.453 e. The molecule has 0 bridgehead atoms. The largest absolute Gasteiger partial charge is 0.505 e. The number of carbonyl (C=O) groups excluding carboxylic acids is 1. The van der Waals surface area contributed by atoms with Crippen LogP contribution >= 0.6 is 0 Å². The number of nitrogens with one attached hydrogen (secondary N) is 1. The van der Waals surface area contributed by atoms with Crippen molar-refractivity contribution in [2.75, 3.05) is 23.3 Å². The number of carbonyl (C=O) groups is 1. The van der Waals surface area contributed by atoms with Crippen molar-refractivity contribution in [3.8, 4) is 17.3 Å². The van der Waals surface area contributed by atoms with Gasteiger partial charge in [0, 0.05) is 25.0 Å². The number of hydrogen-bond donors (Lipinski definition) is 3. The number of β-amino-alcohol motifs (C(OH)–C–C–N with tert-alkyl or cyclic N) is 1. The minimum atomic E-state index is -5.82. The molecule has 6 rings (SSSR count). The zero-order valence-corrected chi connectivity index (χ0v) is 23.2. The van der Waals surface area contributed by atoms with Crippen LogP contribution in [-0.2, 0) is 16.6 Å². The van der Waals surface area contributed by atoms with E-state index >= 15 is 0 Å². The molecule has 0 aliphatic carbocycles. The Morgan fingerprint density at radius 3 is 2.37 bits per heavy atom. The molecule has 1 aromatic carbocycles. The first-order valence-electron chi connectivity index (χ1n) is 13.3. The monoisotopic (exact) mass is 661 g/mol. The molecule has 5 heterocycles. The number of alkyl halides is 8. The number of halogens is 9. The second kappa shape index (κ2) is 9.91. The number of aromatic nitrogens is 5. The van der Waals surface area contributed by atoms with Crippen molar-refractivity contribution in [3.63, 3.8) is 0 Å². The van der Waals surface area contributed by atoms with Crippen LogP contribution in [0.5, 0.6) is 5.75 Å². The lowest BCUT2D eigenvalue weighted by molar-refractivity contribution is -0.284. The number of amides is 1. The summed E-state index contributed by atoms with van der Waals surface area (Å²) in [7, 11) is 0. The lowest BCUT2D eigenvalue weighted by atomic mass is 9.77. The van der Waals surface area contributed by atoms with Crippen LogP contribution in [0.25, 0.3) is 17.2 Å². The van der Waals surface area contributed by atoms with Gasteiger partial charge >= 0.3 is 18.3 Å². The van der Waals surface area contributed by atoms with Gasteiger partial charge in [0.15, 0.2) is 28.6 Å². The van der Waals surface area contributed by atoms with Gasteiger partial charge in [0.05, 0.1) is 24.3 Å². The van der Waals surface area contributed by atoms with Crippen LogP contribution < -0.4 is 10.2 Å². The SMILES string of the molecule is CC1(c2ccc(O)c(F)c2)C(=O)Nc2nc(-c3cn4ccnc4c(CCC(F)(F)C(F)(F)F)n3)nc(N3CC(O)(C(F)(F)F)C3)c21. The molecule has 19 heteroatoms. The topological polar surface area (TPSA) is 129 Å². The lowest BCUT2D eigenvalue weighted by Gasteiger charge is -2.48. The molecule has 1 saturated heterocycles. The first kappa shape index (κ1) is 31.3. The number of anilines is 2. The van der Waals surface area contributed by atoms with Gasteiger partial charge in [-0.05, 0) is 31.0 Å². The highest BCUT2D eigenvalue weighted by atomic mass is 19.4. The molecule has 0 saturated carbocycles. The van der Waals surface area contributed by atoms with Gasteiger partial charge in [-0.1, -0.05) is 6.07 Å². The average molecular weight is 661 g/mol. The molecule has 10 nitrogen and oxygen atoms in total. The van der Waals surface area contributed by atoms with E-state index in [-0.39, 0.29) is 45.6 Å². The summed E-state index contributed by atoms with van der Waals surface area (Å²) in [5, 5.41) is 22.3. The number of rotatable bonds is 6. The van der Waals surface area contributed by atoms with Crippen molar-refractivity contribution in [1.29, 1.82) is 0 Å². The summed E-state index contributed by atoms with van der Waals surface area (Å²) < 4.78 is 122.